The topological polar surface area (TPSA) is 54.9 Å². The molecule has 1 atom stereocenters. The van der Waals surface area contributed by atoms with Gasteiger partial charge in [0.05, 0.1) is 11.8 Å². The zero-order valence-corrected chi connectivity index (χ0v) is 16.9. The minimum absolute atomic E-state index is 0.0196. The van der Waals surface area contributed by atoms with Crippen molar-refractivity contribution in [3.05, 3.63) is 78.1 Å². The first-order valence-electron chi connectivity index (χ1n) is 8.65. The molecule has 2 aromatic carbocycles. The van der Waals surface area contributed by atoms with Crippen LogP contribution in [0.5, 0.6) is 0 Å². The number of nitrogens with one attached hydrogen (secondary N) is 1. The second kappa shape index (κ2) is 9.58. The predicted molar refractivity (Wildman–Crippen MR) is 111 cm³/mol. The molecule has 0 aliphatic heterocycles. The number of rotatable bonds is 7. The highest BCUT2D eigenvalue weighted by molar-refractivity contribution is 8.02. The molecule has 0 spiro atoms. The number of carbonyl (C=O) groups excluding carboxylic acids is 1. The van der Waals surface area contributed by atoms with Crippen LogP contribution < -0.4 is 5.32 Å². The Bertz CT molecular complexity index is 903. The molecule has 6 heteroatoms. The van der Waals surface area contributed by atoms with Crippen LogP contribution in [0.2, 0.25) is 0 Å². The van der Waals surface area contributed by atoms with Gasteiger partial charge in [-0.05, 0) is 31.0 Å². The molecule has 1 amide bonds. The second-order valence-electron chi connectivity index (χ2n) is 6.02. The Morgan fingerprint density at radius 3 is 2.41 bits per heavy atom. The number of aromatic nitrogens is 2. The Hall–Kier alpha value is -2.31. The zero-order chi connectivity index (χ0) is 19.1. The largest absolute Gasteiger partial charge is 0.349 e. The molecule has 3 aromatic rings. The normalized spacial score (nSPS) is 11.8. The molecular formula is C21H21N3OS2. The number of carbonyl (C=O) groups is 1. The molecule has 1 aromatic heterocycles. The number of benzene rings is 2. The SMILES string of the molecule is Cc1ccccc1Sc1nccnc1SCC(=O)N[C@@H](C)c1ccccc1. The van der Waals surface area contributed by atoms with E-state index in [4.69, 9.17) is 0 Å². The van der Waals surface area contributed by atoms with E-state index >= 15 is 0 Å². The van der Waals surface area contributed by atoms with Crippen LogP contribution in [-0.2, 0) is 4.79 Å². The van der Waals surface area contributed by atoms with Crippen LogP contribution in [0.4, 0.5) is 0 Å². The average Bonchev–Trinajstić information content (AvgIpc) is 2.69. The number of hydrogen-bond donors (Lipinski definition) is 1. The van der Waals surface area contributed by atoms with Gasteiger partial charge >= 0.3 is 0 Å². The number of hydrogen-bond acceptors (Lipinski definition) is 5. The summed E-state index contributed by atoms with van der Waals surface area (Å²) in [7, 11) is 0. The van der Waals surface area contributed by atoms with E-state index in [1.165, 1.54) is 17.3 Å². The van der Waals surface area contributed by atoms with Gasteiger partial charge in [-0.3, -0.25) is 4.79 Å². The van der Waals surface area contributed by atoms with Gasteiger partial charge in [0.15, 0.2) is 0 Å². The lowest BCUT2D eigenvalue weighted by molar-refractivity contribution is -0.119. The van der Waals surface area contributed by atoms with E-state index in [-0.39, 0.29) is 11.9 Å². The minimum atomic E-state index is -0.0260. The zero-order valence-electron chi connectivity index (χ0n) is 15.3. The predicted octanol–water partition coefficient (Wildman–Crippen LogP) is 4.91. The molecule has 4 nitrogen and oxygen atoms in total. The maximum absolute atomic E-state index is 12.3. The molecule has 0 unspecified atom stereocenters. The summed E-state index contributed by atoms with van der Waals surface area (Å²) < 4.78 is 0. The van der Waals surface area contributed by atoms with E-state index in [0.717, 1.165) is 20.5 Å². The number of thioether (sulfide) groups is 1. The van der Waals surface area contributed by atoms with Crippen molar-refractivity contribution >= 4 is 29.4 Å². The van der Waals surface area contributed by atoms with Crippen molar-refractivity contribution in [3.8, 4) is 0 Å². The second-order valence-corrected chi connectivity index (χ2v) is 8.02. The van der Waals surface area contributed by atoms with Gasteiger partial charge in [-0.25, -0.2) is 9.97 Å². The van der Waals surface area contributed by atoms with Gasteiger partial charge in [-0.15, -0.1) is 0 Å². The van der Waals surface area contributed by atoms with Gasteiger partial charge in [-0.2, -0.15) is 0 Å². The van der Waals surface area contributed by atoms with Crippen LogP contribution in [-0.4, -0.2) is 21.6 Å². The lowest BCUT2D eigenvalue weighted by Gasteiger charge is -2.14. The first-order valence-corrected chi connectivity index (χ1v) is 10.5. The maximum atomic E-state index is 12.3. The first-order chi connectivity index (χ1) is 13.1. The molecule has 0 aliphatic rings. The smallest absolute Gasteiger partial charge is 0.230 e. The Kier molecular flexibility index (Phi) is 6.90. The lowest BCUT2D eigenvalue weighted by atomic mass is 10.1. The van der Waals surface area contributed by atoms with Crippen LogP contribution in [0.1, 0.15) is 24.1 Å². The summed E-state index contributed by atoms with van der Waals surface area (Å²) in [5, 5.41) is 4.62. The number of nitrogens with zero attached hydrogens (tertiary/aromatic N) is 2. The van der Waals surface area contributed by atoms with Crippen molar-refractivity contribution in [1.82, 2.24) is 15.3 Å². The van der Waals surface area contributed by atoms with Crippen molar-refractivity contribution in [1.29, 1.82) is 0 Å². The highest BCUT2D eigenvalue weighted by Crippen LogP contribution is 2.34. The van der Waals surface area contributed by atoms with Gasteiger partial charge in [0.1, 0.15) is 10.1 Å². The molecule has 27 heavy (non-hydrogen) atoms. The molecular weight excluding hydrogens is 374 g/mol. The molecule has 1 N–H and O–H groups in total. The highest BCUT2D eigenvalue weighted by atomic mass is 32.2. The highest BCUT2D eigenvalue weighted by Gasteiger charge is 2.13. The Morgan fingerprint density at radius 1 is 1.00 bits per heavy atom. The number of aryl methyl sites for hydroxylation is 1. The van der Waals surface area contributed by atoms with Crippen LogP contribution in [0.15, 0.2) is 81.9 Å². The molecule has 0 fully saturated rings. The molecule has 138 valence electrons. The fraction of sp³-hybridized carbons (Fsp3) is 0.190. The van der Waals surface area contributed by atoms with E-state index in [0.29, 0.717) is 5.75 Å². The van der Waals surface area contributed by atoms with E-state index in [9.17, 15) is 4.79 Å². The third kappa shape index (κ3) is 5.58. The van der Waals surface area contributed by atoms with Gasteiger partial charge in [0.2, 0.25) is 5.91 Å². The quantitative estimate of drug-likeness (QED) is 0.576. The van der Waals surface area contributed by atoms with E-state index < -0.39 is 0 Å². The van der Waals surface area contributed by atoms with Gasteiger partial charge in [0, 0.05) is 17.3 Å². The van der Waals surface area contributed by atoms with Crippen molar-refractivity contribution in [3.63, 3.8) is 0 Å². The molecule has 0 radical (unpaired) electrons. The van der Waals surface area contributed by atoms with Crippen molar-refractivity contribution < 1.29 is 4.79 Å². The maximum Gasteiger partial charge on any atom is 0.230 e. The Balaban J connectivity index is 1.61. The van der Waals surface area contributed by atoms with Gasteiger partial charge in [0.25, 0.3) is 0 Å². The summed E-state index contributed by atoms with van der Waals surface area (Å²) in [6, 6.07) is 18.1. The molecule has 0 aliphatic carbocycles. The molecule has 1 heterocycles. The standard InChI is InChI=1S/C21H21N3OS2/c1-15-8-6-7-11-18(15)27-21-20(22-12-13-23-21)26-14-19(25)24-16(2)17-9-4-3-5-10-17/h3-13,16H,14H2,1-2H3,(H,24,25)/t16-/m0/s1. The van der Waals surface area contributed by atoms with Crippen LogP contribution >= 0.6 is 23.5 Å². The summed E-state index contributed by atoms with van der Waals surface area (Å²) in [6.07, 6.45) is 3.34. The van der Waals surface area contributed by atoms with E-state index in [1.807, 2.05) is 49.4 Å². The third-order valence-electron chi connectivity index (χ3n) is 3.95. The first kappa shape index (κ1) is 19.5. The molecule has 0 saturated carbocycles. The summed E-state index contributed by atoms with van der Waals surface area (Å²) in [5.74, 6) is 0.283. The summed E-state index contributed by atoms with van der Waals surface area (Å²) in [6.45, 7) is 4.06. The van der Waals surface area contributed by atoms with E-state index in [1.54, 1.807) is 24.2 Å². The fourth-order valence-electron chi connectivity index (χ4n) is 2.50. The molecule has 3 rings (SSSR count). The fourth-order valence-corrected chi connectivity index (χ4v) is 4.30. The van der Waals surface area contributed by atoms with Crippen molar-refractivity contribution in [2.45, 2.75) is 34.8 Å². The van der Waals surface area contributed by atoms with Crippen molar-refractivity contribution in [2.24, 2.45) is 0 Å². The lowest BCUT2D eigenvalue weighted by Crippen LogP contribution is -2.28. The van der Waals surface area contributed by atoms with E-state index in [2.05, 4.69) is 34.3 Å². The monoisotopic (exact) mass is 395 g/mol. The molecule has 0 bridgehead atoms. The number of amides is 1. The Labute approximate surface area is 168 Å². The third-order valence-corrected chi connectivity index (χ3v) is 6.23. The van der Waals surface area contributed by atoms with Crippen LogP contribution in [0.25, 0.3) is 0 Å². The minimum Gasteiger partial charge on any atom is -0.349 e. The van der Waals surface area contributed by atoms with Crippen molar-refractivity contribution in [2.75, 3.05) is 5.75 Å². The van der Waals surface area contributed by atoms with Gasteiger partial charge < -0.3 is 5.32 Å². The average molecular weight is 396 g/mol. The van der Waals surface area contributed by atoms with Crippen LogP contribution in [0.3, 0.4) is 0 Å². The van der Waals surface area contributed by atoms with Crippen LogP contribution in [0, 0.1) is 6.92 Å². The summed E-state index contributed by atoms with van der Waals surface area (Å²) >= 11 is 2.99. The summed E-state index contributed by atoms with van der Waals surface area (Å²) in [4.78, 5) is 22.3. The van der Waals surface area contributed by atoms with Gasteiger partial charge in [-0.1, -0.05) is 72.1 Å². The molecule has 0 saturated heterocycles. The summed E-state index contributed by atoms with van der Waals surface area (Å²) in [5.41, 5.74) is 2.28. The Morgan fingerprint density at radius 2 is 1.67 bits per heavy atom.